The average molecular weight is 352 g/mol. The summed E-state index contributed by atoms with van der Waals surface area (Å²) in [5.74, 6) is 0. The second-order valence-corrected chi connectivity index (χ2v) is 8.47. The van der Waals surface area contributed by atoms with Gasteiger partial charge in [-0.25, -0.2) is 0 Å². The Morgan fingerprint density at radius 1 is 1.10 bits per heavy atom. The monoisotopic (exact) mass is 352 g/mol. The fraction of sp³-hybridized carbons (Fsp3) is 0.250. The van der Waals surface area contributed by atoms with Crippen molar-refractivity contribution >= 4 is 32.3 Å². The van der Waals surface area contributed by atoms with Crippen molar-refractivity contribution in [3.63, 3.8) is 0 Å². The number of hydrogen-bond donors (Lipinski definition) is 4. The molecule has 1 rings (SSSR count). The second-order valence-electron chi connectivity index (χ2n) is 3.64. The highest BCUT2D eigenvalue weighted by Crippen LogP contribution is 2.56. The van der Waals surface area contributed by atoms with E-state index in [9.17, 15) is 22.3 Å². The Hall–Kier alpha value is -0.340. The van der Waals surface area contributed by atoms with Crippen LogP contribution in [0.15, 0.2) is 29.2 Å². The molecule has 6 nitrogen and oxygen atoms in total. The van der Waals surface area contributed by atoms with Gasteiger partial charge in [0.15, 0.2) is 0 Å². The lowest BCUT2D eigenvalue weighted by atomic mass is 10.4. The lowest BCUT2D eigenvalue weighted by molar-refractivity contribution is -0.116. The van der Waals surface area contributed by atoms with Crippen LogP contribution in [-0.4, -0.2) is 30.7 Å². The van der Waals surface area contributed by atoms with Crippen LogP contribution in [0.3, 0.4) is 0 Å². The molecule has 1 aromatic carbocycles. The molecule has 1 unspecified atom stereocenters. The zero-order chi connectivity index (χ0) is 15.8. The third kappa shape index (κ3) is 4.89. The van der Waals surface area contributed by atoms with Crippen LogP contribution in [0.5, 0.6) is 0 Å². The fourth-order valence-electron chi connectivity index (χ4n) is 1.19. The maximum absolute atomic E-state index is 12.6. The topological polar surface area (TPSA) is 115 Å². The molecule has 1 atom stereocenters. The Morgan fingerprint density at radius 3 is 2.05 bits per heavy atom. The van der Waals surface area contributed by atoms with E-state index in [1.54, 1.807) is 0 Å². The number of hydrogen-bond acceptors (Lipinski definition) is 3. The van der Waals surface area contributed by atoms with E-state index in [-0.39, 0.29) is 16.7 Å². The number of alkyl halides is 3. The highest BCUT2D eigenvalue weighted by atomic mass is 32.2. The smallest absolute Gasteiger partial charge is 0.323 e. The Morgan fingerprint density at radius 2 is 1.65 bits per heavy atom. The standard InChI is InChI=1S/C8H9F3O6P2S/c9-8(10,11)7(19(15,16)17)20-6-3-1-2-5(4-6)18(12,13)14/h1-4,7H,(H2,12,13,14)(H2,15,16,17). The van der Waals surface area contributed by atoms with E-state index in [0.29, 0.717) is 0 Å². The fourth-order valence-corrected chi connectivity index (χ4v) is 3.91. The van der Waals surface area contributed by atoms with Crippen molar-refractivity contribution in [2.75, 3.05) is 0 Å². The number of rotatable bonds is 4. The first-order valence-electron chi connectivity index (χ1n) is 4.76. The van der Waals surface area contributed by atoms with E-state index in [4.69, 9.17) is 19.6 Å². The summed E-state index contributed by atoms with van der Waals surface area (Å²) in [5, 5.41) is -0.533. The van der Waals surface area contributed by atoms with Crippen molar-refractivity contribution in [1.29, 1.82) is 0 Å². The van der Waals surface area contributed by atoms with E-state index >= 15 is 0 Å². The van der Waals surface area contributed by atoms with Gasteiger partial charge in [-0.2, -0.15) is 13.2 Å². The Labute approximate surface area is 115 Å². The lowest BCUT2D eigenvalue weighted by Crippen LogP contribution is -2.25. The van der Waals surface area contributed by atoms with Gasteiger partial charge in [0.25, 0.3) is 0 Å². The van der Waals surface area contributed by atoms with Crippen molar-refractivity contribution in [2.24, 2.45) is 0 Å². The lowest BCUT2D eigenvalue weighted by Gasteiger charge is -2.20. The van der Waals surface area contributed by atoms with E-state index < -0.39 is 31.7 Å². The van der Waals surface area contributed by atoms with Crippen molar-refractivity contribution < 1.29 is 41.9 Å². The van der Waals surface area contributed by atoms with Crippen LogP contribution in [0.2, 0.25) is 0 Å². The minimum Gasteiger partial charge on any atom is -0.323 e. The third-order valence-corrected chi connectivity index (χ3v) is 6.00. The maximum atomic E-state index is 12.6. The zero-order valence-electron chi connectivity index (χ0n) is 9.43. The Kier molecular flexibility index (Phi) is 5.14. The van der Waals surface area contributed by atoms with Gasteiger partial charge >= 0.3 is 21.4 Å². The summed E-state index contributed by atoms with van der Waals surface area (Å²) in [5.41, 5.74) is 0. The van der Waals surface area contributed by atoms with Crippen LogP contribution in [0.25, 0.3) is 0 Å². The zero-order valence-corrected chi connectivity index (χ0v) is 12.0. The molecule has 0 bridgehead atoms. The minimum absolute atomic E-state index is 0.199. The van der Waals surface area contributed by atoms with Crippen LogP contribution in [0, 0.1) is 0 Å². The summed E-state index contributed by atoms with van der Waals surface area (Å²) >= 11 is -0.199. The molecule has 0 spiro atoms. The number of halogens is 3. The van der Waals surface area contributed by atoms with E-state index in [1.165, 1.54) is 0 Å². The molecular formula is C8H9F3O6P2S. The van der Waals surface area contributed by atoms with Gasteiger partial charge < -0.3 is 19.6 Å². The van der Waals surface area contributed by atoms with Gasteiger partial charge in [0.2, 0.25) is 4.99 Å². The first-order valence-corrected chi connectivity index (χ1v) is 8.94. The van der Waals surface area contributed by atoms with Crippen molar-refractivity contribution in [1.82, 2.24) is 0 Å². The number of benzene rings is 1. The van der Waals surface area contributed by atoms with Gasteiger partial charge in [-0.1, -0.05) is 6.07 Å². The predicted octanol–water partition coefficient (Wildman–Crippen LogP) is 1.65. The van der Waals surface area contributed by atoms with Crippen molar-refractivity contribution in [3.8, 4) is 0 Å². The van der Waals surface area contributed by atoms with Gasteiger partial charge in [0.1, 0.15) is 0 Å². The van der Waals surface area contributed by atoms with Crippen LogP contribution < -0.4 is 5.30 Å². The highest BCUT2D eigenvalue weighted by molar-refractivity contribution is 8.05. The summed E-state index contributed by atoms with van der Waals surface area (Å²) < 4.78 is 59.5. The molecule has 1 aromatic rings. The predicted molar refractivity (Wildman–Crippen MR) is 65.9 cm³/mol. The molecule has 20 heavy (non-hydrogen) atoms. The quantitative estimate of drug-likeness (QED) is 0.481. The first-order chi connectivity index (χ1) is 8.82. The van der Waals surface area contributed by atoms with Gasteiger partial charge in [0, 0.05) is 4.90 Å². The van der Waals surface area contributed by atoms with Gasteiger partial charge in [-0.15, -0.1) is 11.8 Å². The second kappa shape index (κ2) is 5.81. The van der Waals surface area contributed by atoms with Gasteiger partial charge in [-0.05, 0) is 18.2 Å². The molecule has 0 amide bonds. The van der Waals surface area contributed by atoms with Crippen LogP contribution in [-0.2, 0) is 9.13 Å². The van der Waals surface area contributed by atoms with E-state index in [0.717, 1.165) is 24.3 Å². The summed E-state index contributed by atoms with van der Waals surface area (Å²) in [6.07, 6.45) is -5.16. The Balaban J connectivity index is 3.14. The summed E-state index contributed by atoms with van der Waals surface area (Å²) in [6.45, 7) is 0. The minimum atomic E-state index is -5.47. The maximum Gasteiger partial charge on any atom is 0.412 e. The van der Waals surface area contributed by atoms with Crippen molar-refractivity contribution in [2.45, 2.75) is 16.1 Å². The SMILES string of the molecule is O=P(O)(O)c1cccc(SC(C(F)(F)F)P(=O)(O)O)c1. The normalized spacial score (nSPS) is 15.2. The molecule has 0 aliphatic carbocycles. The molecule has 0 fully saturated rings. The van der Waals surface area contributed by atoms with Gasteiger partial charge in [-0.3, -0.25) is 9.13 Å². The molecule has 0 radical (unpaired) electrons. The number of thioether (sulfide) groups is 1. The van der Waals surface area contributed by atoms with E-state index in [1.807, 2.05) is 0 Å². The van der Waals surface area contributed by atoms with Crippen molar-refractivity contribution in [3.05, 3.63) is 24.3 Å². The molecule has 114 valence electrons. The molecule has 0 aromatic heterocycles. The van der Waals surface area contributed by atoms with E-state index in [2.05, 4.69) is 0 Å². The summed E-state index contributed by atoms with van der Waals surface area (Å²) in [7, 11) is -10.1. The molecule has 0 saturated heterocycles. The molecule has 0 saturated carbocycles. The average Bonchev–Trinajstić information content (AvgIpc) is 2.22. The molecule has 4 N–H and O–H groups in total. The summed E-state index contributed by atoms with van der Waals surface area (Å²) in [4.78, 5) is 31.9. The molecule has 12 heteroatoms. The Bertz CT molecular complexity index is 580. The molecule has 0 aliphatic rings. The van der Waals surface area contributed by atoms with Gasteiger partial charge in [0.05, 0.1) is 5.30 Å². The summed E-state index contributed by atoms with van der Waals surface area (Å²) in [6, 6.07) is 3.92. The van der Waals surface area contributed by atoms with Crippen LogP contribution >= 0.6 is 27.0 Å². The van der Waals surface area contributed by atoms with Crippen LogP contribution in [0.1, 0.15) is 0 Å². The third-order valence-electron chi connectivity index (χ3n) is 1.99. The van der Waals surface area contributed by atoms with Crippen LogP contribution in [0.4, 0.5) is 13.2 Å². The molecule has 0 heterocycles. The molecular weight excluding hydrogens is 343 g/mol. The largest absolute Gasteiger partial charge is 0.412 e. The molecule has 0 aliphatic heterocycles. The highest BCUT2D eigenvalue weighted by Gasteiger charge is 2.51. The first kappa shape index (κ1) is 17.7.